The lowest BCUT2D eigenvalue weighted by molar-refractivity contribution is -0.140. The van der Waals surface area contributed by atoms with Crippen molar-refractivity contribution in [2.45, 2.75) is 12.6 Å². The molecule has 4 rings (SSSR count). The molecule has 1 fully saturated rings. The maximum absolute atomic E-state index is 13.3. The fourth-order valence-electron chi connectivity index (χ4n) is 3.48. The Morgan fingerprint density at radius 2 is 1.72 bits per heavy atom. The third-order valence-electron chi connectivity index (χ3n) is 4.85. The molecule has 6 heteroatoms. The molecule has 0 saturated carbocycles. The summed E-state index contributed by atoms with van der Waals surface area (Å²) in [5, 5.41) is 10.9. The van der Waals surface area contributed by atoms with Crippen molar-refractivity contribution >= 4 is 17.4 Å². The standard InChI is InChI=1S/C23H17FN2O3/c24-18-10-8-17(9-11-18)21(27)19-20(16-6-2-1-3-7-16)26(23(29)22(19)28)14-15-5-4-12-25-13-15/h1-13,20,27H,14H2/t20-/m0/s1. The Kier molecular flexibility index (Phi) is 4.91. The van der Waals surface area contributed by atoms with E-state index >= 15 is 0 Å². The third kappa shape index (κ3) is 3.52. The molecule has 0 unspecified atom stereocenters. The zero-order valence-corrected chi connectivity index (χ0v) is 15.3. The highest BCUT2D eigenvalue weighted by Crippen LogP contribution is 2.40. The van der Waals surface area contributed by atoms with Crippen LogP contribution in [0.3, 0.4) is 0 Å². The van der Waals surface area contributed by atoms with Crippen LogP contribution in [0.5, 0.6) is 0 Å². The fourth-order valence-corrected chi connectivity index (χ4v) is 3.48. The van der Waals surface area contributed by atoms with Crippen molar-refractivity contribution in [1.29, 1.82) is 0 Å². The number of halogens is 1. The smallest absolute Gasteiger partial charge is 0.295 e. The van der Waals surface area contributed by atoms with E-state index in [1.807, 2.05) is 12.1 Å². The summed E-state index contributed by atoms with van der Waals surface area (Å²) in [4.78, 5) is 31.2. The van der Waals surface area contributed by atoms with Gasteiger partial charge in [-0.05, 0) is 41.5 Å². The van der Waals surface area contributed by atoms with Gasteiger partial charge in [0.25, 0.3) is 11.7 Å². The number of rotatable bonds is 4. The van der Waals surface area contributed by atoms with Gasteiger partial charge < -0.3 is 10.0 Å². The highest BCUT2D eigenvalue weighted by atomic mass is 19.1. The van der Waals surface area contributed by atoms with Gasteiger partial charge in [0.2, 0.25) is 0 Å². The minimum absolute atomic E-state index is 0.0169. The molecule has 0 bridgehead atoms. The van der Waals surface area contributed by atoms with Crippen molar-refractivity contribution < 1.29 is 19.1 Å². The van der Waals surface area contributed by atoms with Gasteiger partial charge in [0.05, 0.1) is 11.6 Å². The Labute approximate surface area is 166 Å². The van der Waals surface area contributed by atoms with E-state index < -0.39 is 23.5 Å². The predicted molar refractivity (Wildman–Crippen MR) is 105 cm³/mol. The molecule has 2 heterocycles. The van der Waals surface area contributed by atoms with Gasteiger partial charge >= 0.3 is 0 Å². The van der Waals surface area contributed by atoms with Gasteiger partial charge in [-0.1, -0.05) is 36.4 Å². The number of aromatic nitrogens is 1. The summed E-state index contributed by atoms with van der Waals surface area (Å²) >= 11 is 0. The van der Waals surface area contributed by atoms with Gasteiger partial charge in [-0.3, -0.25) is 14.6 Å². The molecule has 0 aliphatic carbocycles. The van der Waals surface area contributed by atoms with Gasteiger partial charge in [0.1, 0.15) is 11.6 Å². The number of amides is 1. The number of hydrogen-bond donors (Lipinski definition) is 1. The first-order valence-electron chi connectivity index (χ1n) is 9.04. The number of nitrogens with zero attached hydrogens (tertiary/aromatic N) is 2. The molecule has 5 nitrogen and oxygen atoms in total. The highest BCUT2D eigenvalue weighted by molar-refractivity contribution is 6.46. The fraction of sp³-hybridized carbons (Fsp3) is 0.0870. The van der Waals surface area contributed by atoms with Crippen LogP contribution in [0.2, 0.25) is 0 Å². The SMILES string of the molecule is O=C1C(=O)N(Cc2cccnc2)[C@@H](c2ccccc2)C1=C(O)c1ccc(F)cc1. The lowest BCUT2D eigenvalue weighted by Gasteiger charge is -2.25. The number of ketones is 1. The summed E-state index contributed by atoms with van der Waals surface area (Å²) in [5.41, 5.74) is 1.71. The number of pyridine rings is 1. The molecule has 3 aromatic rings. The highest BCUT2D eigenvalue weighted by Gasteiger charge is 2.46. The maximum atomic E-state index is 13.3. The second kappa shape index (κ2) is 7.67. The van der Waals surface area contributed by atoms with E-state index in [4.69, 9.17) is 0 Å². The van der Waals surface area contributed by atoms with Gasteiger partial charge in [0.15, 0.2) is 0 Å². The molecule has 0 spiro atoms. The molecular weight excluding hydrogens is 371 g/mol. The van der Waals surface area contributed by atoms with Crippen LogP contribution in [-0.2, 0) is 16.1 Å². The van der Waals surface area contributed by atoms with Crippen molar-refractivity contribution in [3.05, 3.63) is 107 Å². The summed E-state index contributed by atoms with van der Waals surface area (Å²) in [5.74, 6) is -2.26. The Morgan fingerprint density at radius 1 is 1.00 bits per heavy atom. The van der Waals surface area contributed by atoms with Crippen LogP contribution in [-0.4, -0.2) is 26.7 Å². The van der Waals surface area contributed by atoms with E-state index in [0.717, 1.165) is 5.56 Å². The molecular formula is C23H17FN2O3. The monoisotopic (exact) mass is 388 g/mol. The van der Waals surface area contributed by atoms with E-state index in [2.05, 4.69) is 4.98 Å². The van der Waals surface area contributed by atoms with Crippen molar-refractivity contribution in [1.82, 2.24) is 9.88 Å². The van der Waals surface area contributed by atoms with E-state index in [9.17, 15) is 19.1 Å². The Hall–Kier alpha value is -3.80. The first-order valence-corrected chi connectivity index (χ1v) is 9.04. The van der Waals surface area contributed by atoms with E-state index in [-0.39, 0.29) is 23.4 Å². The van der Waals surface area contributed by atoms with Gasteiger partial charge in [-0.25, -0.2) is 4.39 Å². The Morgan fingerprint density at radius 3 is 2.38 bits per heavy atom. The molecule has 144 valence electrons. The molecule has 1 aliphatic heterocycles. The molecule has 1 saturated heterocycles. The van der Waals surface area contributed by atoms with E-state index in [0.29, 0.717) is 5.56 Å². The molecule has 1 aliphatic rings. The van der Waals surface area contributed by atoms with Crippen LogP contribution in [0.25, 0.3) is 5.76 Å². The van der Waals surface area contributed by atoms with Gasteiger partial charge in [-0.15, -0.1) is 0 Å². The summed E-state index contributed by atoms with van der Waals surface area (Å²) in [6.07, 6.45) is 3.25. The predicted octanol–water partition coefficient (Wildman–Crippen LogP) is 3.84. The number of Topliss-reactive ketones (excluding diaryl/α,β-unsaturated/α-hetero) is 1. The molecule has 2 aromatic carbocycles. The number of carbonyl (C=O) groups excluding carboxylic acids is 2. The van der Waals surface area contributed by atoms with Crippen LogP contribution >= 0.6 is 0 Å². The van der Waals surface area contributed by atoms with Crippen molar-refractivity contribution in [2.24, 2.45) is 0 Å². The minimum atomic E-state index is -0.774. The summed E-state index contributed by atoms with van der Waals surface area (Å²) in [6.45, 7) is 0.165. The third-order valence-corrected chi connectivity index (χ3v) is 4.85. The minimum Gasteiger partial charge on any atom is -0.507 e. The number of aliphatic hydroxyl groups is 1. The first-order chi connectivity index (χ1) is 14.1. The second-order valence-corrected chi connectivity index (χ2v) is 6.71. The molecule has 29 heavy (non-hydrogen) atoms. The number of hydrogen-bond acceptors (Lipinski definition) is 4. The first kappa shape index (κ1) is 18.6. The number of benzene rings is 2. The molecule has 1 amide bonds. The lowest BCUT2D eigenvalue weighted by atomic mass is 9.95. The van der Waals surface area contributed by atoms with E-state index in [1.165, 1.54) is 29.2 Å². The summed E-state index contributed by atoms with van der Waals surface area (Å²) < 4.78 is 13.3. The Bertz CT molecular complexity index is 1080. The van der Waals surface area contributed by atoms with Gasteiger partial charge in [0, 0.05) is 24.5 Å². The number of likely N-dealkylation sites (tertiary alicyclic amines) is 1. The van der Waals surface area contributed by atoms with E-state index in [1.54, 1.807) is 42.7 Å². The topological polar surface area (TPSA) is 70.5 Å². The molecule has 1 aromatic heterocycles. The molecule has 1 atom stereocenters. The zero-order valence-electron chi connectivity index (χ0n) is 15.3. The van der Waals surface area contributed by atoms with Crippen LogP contribution in [0.1, 0.15) is 22.7 Å². The van der Waals surface area contributed by atoms with Crippen molar-refractivity contribution in [2.75, 3.05) is 0 Å². The Balaban J connectivity index is 1.85. The maximum Gasteiger partial charge on any atom is 0.295 e. The summed E-state index contributed by atoms with van der Waals surface area (Å²) in [7, 11) is 0. The second-order valence-electron chi connectivity index (χ2n) is 6.71. The normalized spacial score (nSPS) is 18.2. The number of aliphatic hydroxyl groups excluding tert-OH is 1. The largest absolute Gasteiger partial charge is 0.507 e. The average molecular weight is 388 g/mol. The zero-order chi connectivity index (χ0) is 20.4. The number of carbonyl (C=O) groups is 2. The van der Waals surface area contributed by atoms with Crippen LogP contribution < -0.4 is 0 Å². The summed E-state index contributed by atoms with van der Waals surface area (Å²) in [6, 6.07) is 17.0. The van der Waals surface area contributed by atoms with Crippen LogP contribution in [0.4, 0.5) is 4.39 Å². The quantitative estimate of drug-likeness (QED) is 0.419. The molecule has 1 N–H and O–H groups in total. The van der Waals surface area contributed by atoms with Crippen molar-refractivity contribution in [3.63, 3.8) is 0 Å². The molecule has 0 radical (unpaired) electrons. The van der Waals surface area contributed by atoms with Crippen LogP contribution in [0.15, 0.2) is 84.7 Å². The van der Waals surface area contributed by atoms with Gasteiger partial charge in [-0.2, -0.15) is 0 Å². The average Bonchev–Trinajstić information content (AvgIpc) is 3.00. The van der Waals surface area contributed by atoms with Crippen LogP contribution in [0, 0.1) is 5.82 Å². The van der Waals surface area contributed by atoms with Crippen molar-refractivity contribution in [3.8, 4) is 0 Å². The lowest BCUT2D eigenvalue weighted by Crippen LogP contribution is -2.29.